The summed E-state index contributed by atoms with van der Waals surface area (Å²) in [6.45, 7) is -4.94. The molecule has 8 N–H and O–H groups in total. The van der Waals surface area contributed by atoms with Crippen molar-refractivity contribution >= 4 is 47.0 Å². The summed E-state index contributed by atoms with van der Waals surface area (Å²) in [5, 5.41) is 32.0. The summed E-state index contributed by atoms with van der Waals surface area (Å²) in [6, 6.07) is 0. The molecule has 0 aromatic carbocycles. The Morgan fingerprint density at radius 1 is 1.27 bits per heavy atom. The van der Waals surface area contributed by atoms with Crippen LogP contribution in [-0.2, 0) is 25.8 Å². The highest BCUT2D eigenvalue weighted by molar-refractivity contribution is 8.09. The predicted octanol–water partition coefficient (Wildman–Crippen LogP) is -1.69. The second-order valence-corrected chi connectivity index (χ2v) is 13.1. The number of aromatic amines is 1. The van der Waals surface area contributed by atoms with E-state index in [1.54, 1.807) is 0 Å². The molecule has 2 saturated heterocycles. The van der Waals surface area contributed by atoms with E-state index in [1.165, 1.54) is 17.0 Å². The van der Waals surface area contributed by atoms with Gasteiger partial charge in [-0.2, -0.15) is 19.3 Å². The van der Waals surface area contributed by atoms with Crippen LogP contribution in [0, 0.1) is 0 Å². The molecule has 0 aliphatic carbocycles. The average molecular weight is 614 g/mol. The van der Waals surface area contributed by atoms with E-state index in [9.17, 15) is 19.9 Å². The first kappa shape index (κ1) is 27.9. The maximum atomic E-state index is 15.5. The number of alkyl halides is 1. The monoisotopic (exact) mass is 613 g/mol. The van der Waals surface area contributed by atoms with E-state index in [-0.39, 0.29) is 42.5 Å². The van der Waals surface area contributed by atoms with Gasteiger partial charge in [-0.1, -0.05) is 5.21 Å². The third kappa shape index (κ3) is 4.85. The molecule has 0 spiro atoms. The molecular weight excluding hydrogens is 588 g/mol. The van der Waals surface area contributed by atoms with Crippen LogP contribution in [0.15, 0.2) is 17.3 Å². The van der Waals surface area contributed by atoms with E-state index in [0.29, 0.717) is 11.2 Å². The number of nitrogen functional groups attached to an aromatic ring is 2. The van der Waals surface area contributed by atoms with Crippen molar-refractivity contribution in [1.29, 1.82) is 0 Å². The Morgan fingerprint density at radius 3 is 2.85 bits per heavy atom. The van der Waals surface area contributed by atoms with Gasteiger partial charge in [0.1, 0.15) is 24.3 Å². The summed E-state index contributed by atoms with van der Waals surface area (Å²) in [7, 11) is 0. The van der Waals surface area contributed by atoms with Crippen molar-refractivity contribution in [2.24, 2.45) is 0 Å². The van der Waals surface area contributed by atoms with Gasteiger partial charge in [-0.15, -0.1) is 5.10 Å². The number of nitrogens with zero attached hydrogens (tertiary/aromatic N) is 8. The molecule has 8 atom stereocenters. The van der Waals surface area contributed by atoms with Gasteiger partial charge in [0.05, 0.1) is 37.7 Å². The number of rotatable bonds is 8. The van der Waals surface area contributed by atoms with Crippen LogP contribution in [0.2, 0.25) is 0 Å². The topological polar surface area (TPSA) is 260 Å². The minimum Gasteiger partial charge on any atom is -0.394 e. The fraction of sp³-hybridized carbons (Fsp3) is 0.550. The molecule has 18 nitrogen and oxygen atoms in total. The van der Waals surface area contributed by atoms with Gasteiger partial charge in [-0.25, -0.2) is 14.4 Å². The summed E-state index contributed by atoms with van der Waals surface area (Å²) in [5.41, 5.74) is 10.00. The highest BCUT2D eigenvalue weighted by Gasteiger charge is 2.54. The van der Waals surface area contributed by atoms with Crippen LogP contribution in [0.5, 0.6) is 0 Å². The first-order chi connectivity index (χ1) is 19.6. The largest absolute Gasteiger partial charge is 0.394 e. The van der Waals surface area contributed by atoms with Gasteiger partial charge in [0, 0.05) is 12.0 Å². The zero-order valence-electron chi connectivity index (χ0n) is 21.0. The first-order valence-corrected chi connectivity index (χ1v) is 15.1. The van der Waals surface area contributed by atoms with Gasteiger partial charge in [0.15, 0.2) is 29.5 Å². The number of aromatic nitrogens is 9. The second kappa shape index (κ2) is 10.6. The number of halogens is 1. The minimum atomic E-state index is -4.02. The molecule has 6 heterocycles. The van der Waals surface area contributed by atoms with Gasteiger partial charge in [-0.05, 0) is 18.2 Å². The quantitative estimate of drug-likeness (QED) is 0.121. The number of ether oxygens (including phenoxy) is 2. The Morgan fingerprint density at radius 2 is 2.07 bits per heavy atom. The molecule has 0 bridgehead atoms. The number of nitrogens with one attached hydrogen (secondary N) is 1. The van der Waals surface area contributed by atoms with Crippen LogP contribution in [0.4, 0.5) is 16.3 Å². The van der Waals surface area contributed by atoms with Crippen molar-refractivity contribution in [2.75, 3.05) is 24.7 Å². The standard InChI is InChI=1S/C20H25FN11O7PS/c21-12-11(5-33)39-18(31-16-13(29-30-31)17(35)28-19(22)27-16)14(12)40(36,41)37-2-1-9-8(34)3-10(38-9)7-4-26-32-15(7)24-6-25-20(32)23/h4,6,8-12,14,18,33-34H,1-3,5H2,(H,36,41)(H2,23,24,25)(H3,22,27,28,35)/t8-,9+,10+,11+,12-,14+,18+,40?/m0/s1. The van der Waals surface area contributed by atoms with Crippen LogP contribution in [0.1, 0.15) is 30.7 Å². The molecule has 41 heavy (non-hydrogen) atoms. The SMILES string of the molecule is Nc1nc2c(nnn2[C@@H]2O[C@H](CO)[C@H](F)[C@H]2P(O)(=S)OCC[C@H]2O[C@@H](c3cnn4c(N)ncnc34)C[C@@H]2O)c(=O)[nH]1. The lowest BCUT2D eigenvalue weighted by molar-refractivity contribution is -0.0378. The zero-order chi connectivity index (χ0) is 29.1. The van der Waals surface area contributed by atoms with Crippen molar-refractivity contribution in [3.05, 3.63) is 28.4 Å². The maximum absolute atomic E-state index is 15.5. The van der Waals surface area contributed by atoms with E-state index in [0.717, 1.165) is 4.68 Å². The molecule has 4 aromatic heterocycles. The normalized spacial score (nSPS) is 29.9. The van der Waals surface area contributed by atoms with E-state index in [4.69, 9.17) is 37.3 Å². The molecule has 220 valence electrons. The molecule has 2 fully saturated rings. The highest BCUT2D eigenvalue weighted by atomic mass is 32.5. The molecule has 21 heteroatoms. The van der Waals surface area contributed by atoms with Crippen LogP contribution < -0.4 is 17.0 Å². The van der Waals surface area contributed by atoms with Gasteiger partial charge < -0.3 is 40.6 Å². The molecule has 6 rings (SSSR count). The summed E-state index contributed by atoms with van der Waals surface area (Å²) in [4.78, 5) is 37.7. The second-order valence-electron chi connectivity index (χ2n) is 9.56. The number of aliphatic hydroxyl groups excluding tert-OH is 2. The molecule has 4 aromatic rings. The van der Waals surface area contributed by atoms with Crippen LogP contribution in [0.3, 0.4) is 0 Å². The Hall–Kier alpha value is -3.23. The average Bonchev–Trinajstić information content (AvgIpc) is 3.68. The maximum Gasteiger partial charge on any atom is 0.282 e. The summed E-state index contributed by atoms with van der Waals surface area (Å²) >= 11 is 5.36. The van der Waals surface area contributed by atoms with Crippen molar-refractivity contribution in [1.82, 2.24) is 44.5 Å². The lowest BCUT2D eigenvalue weighted by atomic mass is 10.1. The molecule has 1 unspecified atom stereocenters. The van der Waals surface area contributed by atoms with Crippen molar-refractivity contribution in [3.63, 3.8) is 0 Å². The number of fused-ring (bicyclic) bond motifs is 2. The predicted molar refractivity (Wildman–Crippen MR) is 141 cm³/mol. The lowest BCUT2D eigenvalue weighted by Crippen LogP contribution is -2.31. The van der Waals surface area contributed by atoms with E-state index in [1.807, 2.05) is 0 Å². The number of hydrogen-bond acceptors (Lipinski definition) is 15. The van der Waals surface area contributed by atoms with Crippen molar-refractivity contribution < 1.29 is 33.5 Å². The smallest absolute Gasteiger partial charge is 0.282 e. The van der Waals surface area contributed by atoms with Crippen LogP contribution in [0.25, 0.3) is 16.8 Å². The summed E-state index contributed by atoms with van der Waals surface area (Å²) < 4.78 is 35.1. The Labute approximate surface area is 233 Å². The van der Waals surface area contributed by atoms with Gasteiger partial charge >= 0.3 is 0 Å². The van der Waals surface area contributed by atoms with Crippen molar-refractivity contribution in [3.8, 4) is 0 Å². The fourth-order valence-corrected chi connectivity index (χ4v) is 7.57. The van der Waals surface area contributed by atoms with Crippen LogP contribution in [-0.4, -0.2) is 103 Å². The summed E-state index contributed by atoms with van der Waals surface area (Å²) in [5.74, 6) is -0.101. The van der Waals surface area contributed by atoms with Gasteiger partial charge in [-0.3, -0.25) is 9.78 Å². The number of H-pyrrole nitrogens is 1. The number of anilines is 2. The third-order valence-electron chi connectivity index (χ3n) is 7.05. The van der Waals surface area contributed by atoms with E-state index >= 15 is 4.39 Å². The minimum absolute atomic E-state index is 0.102. The first-order valence-electron chi connectivity index (χ1n) is 12.3. The molecule has 0 saturated carbocycles. The fourth-order valence-electron chi connectivity index (χ4n) is 5.08. The summed E-state index contributed by atoms with van der Waals surface area (Å²) in [6.07, 6.45) is -3.71. The van der Waals surface area contributed by atoms with Crippen molar-refractivity contribution in [2.45, 2.75) is 55.3 Å². The molecule has 2 aliphatic heterocycles. The number of aliphatic hydroxyl groups is 2. The third-order valence-corrected chi connectivity index (χ3v) is 9.94. The van der Waals surface area contributed by atoms with E-state index < -0.39 is 61.1 Å². The zero-order valence-corrected chi connectivity index (χ0v) is 22.7. The highest BCUT2D eigenvalue weighted by Crippen LogP contribution is 2.58. The number of nitrogens with two attached hydrogens (primary N) is 2. The van der Waals surface area contributed by atoms with E-state index in [2.05, 4.69) is 35.3 Å². The Kier molecular flexibility index (Phi) is 7.19. The molecular formula is C20H25FN11O7PS. The van der Waals surface area contributed by atoms with Crippen LogP contribution >= 0.6 is 6.49 Å². The van der Waals surface area contributed by atoms with Gasteiger partial charge in [0.2, 0.25) is 11.9 Å². The Balaban J connectivity index is 1.17. The molecule has 0 radical (unpaired) electrons. The van der Waals surface area contributed by atoms with Gasteiger partial charge in [0.25, 0.3) is 5.56 Å². The number of hydrogen-bond donors (Lipinski definition) is 6. The molecule has 0 amide bonds. The molecule has 2 aliphatic rings. The lowest BCUT2D eigenvalue weighted by Gasteiger charge is -2.28. The Bertz CT molecular complexity index is 1700.